The molecule has 0 saturated carbocycles. The lowest BCUT2D eigenvalue weighted by Crippen LogP contribution is -2.31. The summed E-state index contributed by atoms with van der Waals surface area (Å²) in [4.78, 5) is 13.2. The molecular formula is C26H19F2N6O2+. The summed E-state index contributed by atoms with van der Waals surface area (Å²) in [6.07, 6.45) is 6.58. The second-order valence-electron chi connectivity index (χ2n) is 8.71. The van der Waals surface area contributed by atoms with E-state index in [0.29, 0.717) is 59.3 Å². The Hall–Kier alpha value is -4.44. The zero-order valence-corrected chi connectivity index (χ0v) is 18.9. The van der Waals surface area contributed by atoms with Gasteiger partial charge in [-0.2, -0.15) is 8.97 Å². The first-order valence-corrected chi connectivity index (χ1v) is 11.4. The van der Waals surface area contributed by atoms with Crippen molar-refractivity contribution < 1.29 is 22.8 Å². The van der Waals surface area contributed by atoms with Crippen LogP contribution in [0.5, 0.6) is 11.5 Å². The lowest BCUT2D eigenvalue weighted by atomic mass is 9.79. The third-order valence-corrected chi connectivity index (χ3v) is 6.78. The maximum atomic E-state index is 15.7. The van der Waals surface area contributed by atoms with Crippen molar-refractivity contribution >= 4 is 17.9 Å². The molecule has 0 bridgehead atoms. The molecule has 0 unspecified atom stereocenters. The zero-order chi connectivity index (χ0) is 24.4. The highest BCUT2D eigenvalue weighted by molar-refractivity contribution is 5.87. The van der Waals surface area contributed by atoms with E-state index in [1.54, 1.807) is 47.3 Å². The van der Waals surface area contributed by atoms with Gasteiger partial charge in [0.25, 0.3) is 0 Å². The number of imidazole rings is 1. The van der Waals surface area contributed by atoms with Crippen LogP contribution in [0.3, 0.4) is 0 Å². The molecule has 7 rings (SSSR count). The van der Waals surface area contributed by atoms with E-state index in [9.17, 15) is 4.39 Å². The number of rotatable bonds is 2. The summed E-state index contributed by atoms with van der Waals surface area (Å²) < 4.78 is 45.4. The van der Waals surface area contributed by atoms with Crippen molar-refractivity contribution in [1.29, 1.82) is 0 Å². The molecule has 0 fully saturated rings. The number of pyridine rings is 1. The number of hydrogen-bond acceptors (Lipinski definition) is 6. The molecule has 3 aliphatic heterocycles. The molecule has 10 heteroatoms. The third kappa shape index (κ3) is 2.81. The number of aromatic nitrogens is 3. The van der Waals surface area contributed by atoms with E-state index in [-0.39, 0.29) is 11.7 Å². The average Bonchev–Trinajstić information content (AvgIpc) is 3.49. The van der Waals surface area contributed by atoms with Crippen molar-refractivity contribution in [3.63, 3.8) is 0 Å². The minimum Gasteiger partial charge on any atom is -0.453 e. The summed E-state index contributed by atoms with van der Waals surface area (Å²) in [6, 6.07) is 11.8. The van der Waals surface area contributed by atoms with E-state index >= 15 is 4.39 Å². The maximum absolute atomic E-state index is 15.7. The molecule has 0 radical (unpaired) electrons. The molecule has 36 heavy (non-hydrogen) atoms. The van der Waals surface area contributed by atoms with Gasteiger partial charge < -0.3 is 15.2 Å². The molecule has 5 heterocycles. The van der Waals surface area contributed by atoms with Gasteiger partial charge in [-0.3, -0.25) is 4.57 Å². The lowest BCUT2D eigenvalue weighted by Gasteiger charge is -2.34. The quantitative estimate of drug-likeness (QED) is 0.347. The number of ether oxygens (including phenoxy) is 2. The molecular weight excluding hydrogens is 466 g/mol. The van der Waals surface area contributed by atoms with Gasteiger partial charge in [0.05, 0.1) is 0 Å². The van der Waals surface area contributed by atoms with Crippen molar-refractivity contribution in [2.45, 2.75) is 5.54 Å². The molecule has 0 aliphatic carbocycles. The van der Waals surface area contributed by atoms with Gasteiger partial charge >= 0.3 is 0 Å². The summed E-state index contributed by atoms with van der Waals surface area (Å²) in [5.74, 6) is 0.00500. The number of nitrogens with two attached hydrogens (primary N) is 1. The van der Waals surface area contributed by atoms with Gasteiger partial charge in [-0.25, -0.2) is 19.4 Å². The van der Waals surface area contributed by atoms with Crippen LogP contribution in [0, 0.1) is 11.8 Å². The van der Waals surface area contributed by atoms with Crippen molar-refractivity contribution in [2.75, 3.05) is 19.8 Å². The SMILES string of the molecule is NC1=N[C@]2(c3cc(-c4cccnc4F)ccc3Oc3c(F)cc([N+]4=CCOCC4)cc32)c2nccn21. The van der Waals surface area contributed by atoms with Crippen LogP contribution in [0.1, 0.15) is 17.0 Å². The maximum Gasteiger partial charge on any atom is 0.220 e. The molecule has 4 aromatic rings. The standard InChI is InChI=1S/C26H19F2N6O2/c27-20-14-16(33-8-10-35-11-9-33)13-19-22(20)36-21-4-3-15(17-2-1-5-30-23(17)28)12-18(21)26(19)24-31-6-7-34(24)25(29)32-26/h1-8,12-14H,9-11H2,(H2,29,32)/q+1/t26-/m0/s1. The number of benzene rings is 2. The fourth-order valence-corrected chi connectivity index (χ4v) is 5.15. The highest BCUT2D eigenvalue weighted by Gasteiger charge is 2.52. The molecule has 2 aromatic carbocycles. The van der Waals surface area contributed by atoms with Crippen LogP contribution in [-0.2, 0) is 10.3 Å². The number of fused-ring (bicyclic) bond motifs is 6. The minimum absolute atomic E-state index is 0.0489. The Balaban J connectivity index is 1.53. The molecule has 1 atom stereocenters. The van der Waals surface area contributed by atoms with E-state index in [1.165, 1.54) is 12.3 Å². The normalized spacial score (nSPS) is 19.7. The van der Waals surface area contributed by atoms with Crippen molar-refractivity contribution in [2.24, 2.45) is 10.7 Å². The summed E-state index contributed by atoms with van der Waals surface area (Å²) >= 11 is 0. The Morgan fingerprint density at radius 3 is 2.81 bits per heavy atom. The summed E-state index contributed by atoms with van der Waals surface area (Å²) in [5.41, 5.74) is 7.60. The predicted molar refractivity (Wildman–Crippen MR) is 127 cm³/mol. The first-order chi connectivity index (χ1) is 17.6. The van der Waals surface area contributed by atoms with Gasteiger partial charge in [0.2, 0.25) is 17.6 Å². The second kappa shape index (κ2) is 7.53. The lowest BCUT2D eigenvalue weighted by molar-refractivity contribution is -0.450. The number of nitrogens with zero attached hydrogens (tertiary/aromatic N) is 5. The van der Waals surface area contributed by atoms with Gasteiger partial charge in [0, 0.05) is 47.4 Å². The monoisotopic (exact) mass is 485 g/mol. The van der Waals surface area contributed by atoms with Crippen LogP contribution in [0.2, 0.25) is 0 Å². The summed E-state index contributed by atoms with van der Waals surface area (Å²) in [7, 11) is 0. The van der Waals surface area contributed by atoms with Crippen LogP contribution in [-0.4, -0.2) is 51.0 Å². The third-order valence-electron chi connectivity index (χ3n) is 6.78. The Labute approximate surface area is 204 Å². The van der Waals surface area contributed by atoms with Crippen LogP contribution in [0.4, 0.5) is 14.5 Å². The van der Waals surface area contributed by atoms with E-state index in [2.05, 4.69) is 9.97 Å². The first kappa shape index (κ1) is 20.9. The Morgan fingerprint density at radius 2 is 1.97 bits per heavy atom. The van der Waals surface area contributed by atoms with Crippen molar-refractivity contribution in [3.05, 3.63) is 89.8 Å². The van der Waals surface area contributed by atoms with Crippen LogP contribution in [0.15, 0.2) is 66.0 Å². The summed E-state index contributed by atoms with van der Waals surface area (Å²) in [6.45, 7) is 1.53. The van der Waals surface area contributed by atoms with Gasteiger partial charge in [-0.15, -0.1) is 0 Å². The summed E-state index contributed by atoms with van der Waals surface area (Å²) in [5, 5.41) is 0. The molecule has 1 spiro atoms. The fourth-order valence-electron chi connectivity index (χ4n) is 5.15. The molecule has 3 aliphatic rings. The average molecular weight is 485 g/mol. The molecule has 0 saturated heterocycles. The first-order valence-electron chi connectivity index (χ1n) is 11.4. The van der Waals surface area contributed by atoms with Gasteiger partial charge in [0.1, 0.15) is 19.0 Å². The zero-order valence-electron chi connectivity index (χ0n) is 18.9. The predicted octanol–water partition coefficient (Wildman–Crippen LogP) is 3.54. The van der Waals surface area contributed by atoms with Crippen LogP contribution < -0.4 is 10.5 Å². The second-order valence-corrected chi connectivity index (χ2v) is 8.71. The minimum atomic E-state index is -1.30. The van der Waals surface area contributed by atoms with E-state index in [0.717, 1.165) is 0 Å². The van der Waals surface area contributed by atoms with E-state index in [1.807, 2.05) is 16.9 Å². The molecule has 0 amide bonds. The highest BCUT2D eigenvalue weighted by atomic mass is 19.1. The van der Waals surface area contributed by atoms with Gasteiger partial charge in [-0.1, -0.05) is 6.07 Å². The Morgan fingerprint density at radius 1 is 1.06 bits per heavy atom. The van der Waals surface area contributed by atoms with E-state index < -0.39 is 17.3 Å². The van der Waals surface area contributed by atoms with Gasteiger partial charge in [0.15, 0.2) is 35.7 Å². The highest BCUT2D eigenvalue weighted by Crippen LogP contribution is 2.55. The number of halogens is 2. The molecule has 2 aromatic heterocycles. The molecule has 2 N–H and O–H groups in total. The van der Waals surface area contributed by atoms with Crippen molar-refractivity contribution in [1.82, 2.24) is 14.5 Å². The number of aliphatic imine (C=N–C) groups is 1. The van der Waals surface area contributed by atoms with E-state index in [4.69, 9.17) is 20.2 Å². The smallest absolute Gasteiger partial charge is 0.220 e. The Bertz CT molecular complexity index is 1630. The Kier molecular flexibility index (Phi) is 4.37. The topological polar surface area (TPSA) is 90.6 Å². The largest absolute Gasteiger partial charge is 0.453 e. The van der Waals surface area contributed by atoms with Crippen molar-refractivity contribution in [3.8, 4) is 22.6 Å². The molecule has 178 valence electrons. The van der Waals surface area contributed by atoms with Crippen LogP contribution >= 0.6 is 0 Å². The fraction of sp³-hybridized carbons (Fsp3) is 0.154. The molecule has 8 nitrogen and oxygen atoms in total. The number of hydrogen-bond donors (Lipinski definition) is 1. The van der Waals surface area contributed by atoms with Gasteiger partial charge in [-0.05, 0) is 29.8 Å². The van der Waals surface area contributed by atoms with Crippen LogP contribution in [0.25, 0.3) is 11.1 Å².